The van der Waals surface area contributed by atoms with E-state index in [0.717, 1.165) is 5.56 Å². The van der Waals surface area contributed by atoms with Gasteiger partial charge >= 0.3 is 5.97 Å². The molecule has 0 radical (unpaired) electrons. The number of halogens is 1. The zero-order chi connectivity index (χ0) is 30.5. The molecule has 0 saturated heterocycles. The lowest BCUT2D eigenvalue weighted by Gasteiger charge is -2.24. The van der Waals surface area contributed by atoms with Gasteiger partial charge < -0.3 is 14.2 Å². The molecule has 0 saturated carbocycles. The van der Waals surface area contributed by atoms with Gasteiger partial charge in [-0.25, -0.2) is 14.2 Å². The van der Waals surface area contributed by atoms with E-state index in [1.54, 1.807) is 56.3 Å². The van der Waals surface area contributed by atoms with Crippen LogP contribution in [0, 0.1) is 17.1 Å². The lowest BCUT2D eigenvalue weighted by atomic mass is 9.96. The van der Waals surface area contributed by atoms with Crippen LogP contribution in [0.1, 0.15) is 49.1 Å². The van der Waals surface area contributed by atoms with E-state index < -0.39 is 17.8 Å². The lowest BCUT2D eigenvalue weighted by Crippen LogP contribution is -2.39. The van der Waals surface area contributed by atoms with Gasteiger partial charge in [0, 0.05) is 0 Å². The van der Waals surface area contributed by atoms with Crippen LogP contribution in [0.5, 0.6) is 11.5 Å². The summed E-state index contributed by atoms with van der Waals surface area (Å²) in [5.74, 6) is 0.0485. The lowest BCUT2D eigenvalue weighted by molar-refractivity contribution is -0.139. The third kappa shape index (κ3) is 6.27. The summed E-state index contributed by atoms with van der Waals surface area (Å²) in [6.07, 6.45) is 1.74. The summed E-state index contributed by atoms with van der Waals surface area (Å²) < 4.78 is 32.8. The van der Waals surface area contributed by atoms with Crippen LogP contribution in [0.4, 0.5) is 4.39 Å². The van der Waals surface area contributed by atoms with Gasteiger partial charge in [-0.2, -0.15) is 5.26 Å². The number of hydrogen-bond donors (Lipinski definition) is 0. The van der Waals surface area contributed by atoms with Crippen molar-refractivity contribution in [2.75, 3.05) is 13.2 Å². The zero-order valence-electron chi connectivity index (χ0n) is 23.8. The number of nitriles is 1. The van der Waals surface area contributed by atoms with Crippen LogP contribution in [0.15, 0.2) is 87.8 Å². The van der Waals surface area contributed by atoms with Crippen molar-refractivity contribution in [1.29, 1.82) is 5.26 Å². The monoisotopic (exact) mass is 597 g/mol. The number of fused-ring (bicyclic) bond motifs is 1. The number of carbonyl (C=O) groups is 1. The van der Waals surface area contributed by atoms with Crippen LogP contribution >= 0.6 is 11.3 Å². The van der Waals surface area contributed by atoms with Crippen LogP contribution in [0.2, 0.25) is 0 Å². The molecule has 0 N–H and O–H groups in total. The Labute approximate surface area is 251 Å². The first-order chi connectivity index (χ1) is 20.8. The van der Waals surface area contributed by atoms with Gasteiger partial charge in [-0.15, -0.1) is 0 Å². The van der Waals surface area contributed by atoms with Crippen molar-refractivity contribution in [2.45, 2.75) is 33.4 Å². The van der Waals surface area contributed by atoms with Crippen molar-refractivity contribution in [3.05, 3.63) is 126 Å². The van der Waals surface area contributed by atoms with Gasteiger partial charge in [-0.1, -0.05) is 41.7 Å². The molecule has 0 spiro atoms. The molecule has 218 valence electrons. The molecule has 8 nitrogen and oxygen atoms in total. The Balaban J connectivity index is 1.53. The molecule has 1 atom stereocenters. The Bertz CT molecular complexity index is 1920. The second-order valence-corrected chi connectivity index (χ2v) is 10.6. The molecule has 0 bridgehead atoms. The first kappa shape index (κ1) is 29.5. The maximum atomic E-state index is 13.8. The third-order valence-corrected chi connectivity index (χ3v) is 7.73. The first-order valence-corrected chi connectivity index (χ1v) is 14.5. The van der Waals surface area contributed by atoms with Gasteiger partial charge in [0.2, 0.25) is 0 Å². The van der Waals surface area contributed by atoms with E-state index in [1.807, 2.05) is 25.1 Å². The standard InChI is InChI=1S/C33H28FN3O5S/c1-4-40-27-16-23(10-15-26(27)42-19-22-8-6-21(18-35)7-9-22)17-28-31(38)37-30(24-11-13-25(34)14-12-24)29(32(39)41-5-2)20(3)36-33(37)43-28/h6-17,30H,4-5,19H2,1-3H3/b28-17-/t30-/m0/s1. The SMILES string of the molecule is CCOC(=O)C1=C(C)N=c2s/c(=C\c3ccc(OCc4ccc(C#N)cc4)c(OCC)c3)c(=O)n2[C@H]1c1ccc(F)cc1. The number of aromatic nitrogens is 1. The van der Waals surface area contributed by atoms with Gasteiger partial charge in [0.25, 0.3) is 5.56 Å². The Hall–Kier alpha value is -5.01. The summed E-state index contributed by atoms with van der Waals surface area (Å²) in [4.78, 5) is 31.8. The summed E-state index contributed by atoms with van der Waals surface area (Å²) in [6.45, 7) is 6.13. The second kappa shape index (κ2) is 12.9. The van der Waals surface area contributed by atoms with Crippen molar-refractivity contribution in [1.82, 2.24) is 4.57 Å². The van der Waals surface area contributed by atoms with Crippen molar-refractivity contribution < 1.29 is 23.4 Å². The molecule has 0 unspecified atom stereocenters. The molecular formula is C33H28FN3O5S. The molecule has 1 aliphatic heterocycles. The molecule has 1 aromatic heterocycles. The number of benzene rings is 3. The molecule has 0 amide bonds. The van der Waals surface area contributed by atoms with Gasteiger partial charge in [0.05, 0.1) is 46.7 Å². The second-order valence-electron chi connectivity index (χ2n) is 9.59. The fourth-order valence-corrected chi connectivity index (χ4v) is 5.79. The van der Waals surface area contributed by atoms with E-state index in [0.29, 0.717) is 49.8 Å². The number of hydrogen-bond acceptors (Lipinski definition) is 8. The van der Waals surface area contributed by atoms with E-state index in [2.05, 4.69) is 11.1 Å². The molecule has 3 aromatic carbocycles. The average Bonchev–Trinajstić information content (AvgIpc) is 3.30. The average molecular weight is 598 g/mol. The number of esters is 1. The van der Waals surface area contributed by atoms with E-state index >= 15 is 0 Å². The minimum absolute atomic E-state index is 0.158. The predicted molar refractivity (Wildman–Crippen MR) is 160 cm³/mol. The Morgan fingerprint density at radius 1 is 1.05 bits per heavy atom. The quantitative estimate of drug-likeness (QED) is 0.257. The topological polar surface area (TPSA) is 103 Å². The van der Waals surface area contributed by atoms with Crippen molar-refractivity contribution in [3.63, 3.8) is 0 Å². The van der Waals surface area contributed by atoms with Gasteiger partial charge in [0.15, 0.2) is 16.3 Å². The number of nitrogens with zero attached hydrogens (tertiary/aromatic N) is 3. The van der Waals surface area contributed by atoms with E-state index in [1.165, 1.54) is 28.0 Å². The largest absolute Gasteiger partial charge is 0.490 e. The highest BCUT2D eigenvalue weighted by atomic mass is 32.1. The smallest absolute Gasteiger partial charge is 0.338 e. The highest BCUT2D eigenvalue weighted by molar-refractivity contribution is 7.07. The highest BCUT2D eigenvalue weighted by Crippen LogP contribution is 2.32. The fourth-order valence-electron chi connectivity index (χ4n) is 4.74. The van der Waals surface area contributed by atoms with E-state index in [9.17, 15) is 14.0 Å². The van der Waals surface area contributed by atoms with Crippen LogP contribution in [0.3, 0.4) is 0 Å². The van der Waals surface area contributed by atoms with Crippen LogP contribution in [0.25, 0.3) is 6.08 Å². The van der Waals surface area contributed by atoms with E-state index in [4.69, 9.17) is 19.5 Å². The zero-order valence-corrected chi connectivity index (χ0v) is 24.6. The Morgan fingerprint density at radius 3 is 2.47 bits per heavy atom. The summed E-state index contributed by atoms with van der Waals surface area (Å²) in [7, 11) is 0. The number of carbonyl (C=O) groups excluding carboxylic acids is 1. The summed E-state index contributed by atoms with van der Waals surface area (Å²) in [6, 6.07) is 19.5. The molecule has 10 heteroatoms. The Morgan fingerprint density at radius 2 is 1.79 bits per heavy atom. The molecule has 1 aliphatic rings. The predicted octanol–water partition coefficient (Wildman–Crippen LogP) is 4.79. The minimum Gasteiger partial charge on any atom is -0.490 e. The minimum atomic E-state index is -0.824. The van der Waals surface area contributed by atoms with Gasteiger partial charge in [-0.05, 0) is 79.9 Å². The number of rotatable bonds is 9. The summed E-state index contributed by atoms with van der Waals surface area (Å²) >= 11 is 1.20. The summed E-state index contributed by atoms with van der Waals surface area (Å²) in [5.41, 5.74) is 3.07. The Kier molecular flexibility index (Phi) is 8.83. The summed E-state index contributed by atoms with van der Waals surface area (Å²) in [5, 5.41) is 9.01. The van der Waals surface area contributed by atoms with Crippen molar-refractivity contribution in [2.24, 2.45) is 4.99 Å². The molecule has 2 heterocycles. The van der Waals surface area contributed by atoms with Gasteiger partial charge in [-0.3, -0.25) is 9.36 Å². The highest BCUT2D eigenvalue weighted by Gasteiger charge is 2.33. The molecule has 0 fully saturated rings. The van der Waals surface area contributed by atoms with Crippen LogP contribution in [-0.4, -0.2) is 23.8 Å². The molecule has 4 aromatic rings. The van der Waals surface area contributed by atoms with Crippen molar-refractivity contribution >= 4 is 23.4 Å². The fraction of sp³-hybridized carbons (Fsp3) is 0.212. The maximum absolute atomic E-state index is 13.8. The van der Waals surface area contributed by atoms with Gasteiger partial charge in [0.1, 0.15) is 12.4 Å². The van der Waals surface area contributed by atoms with Crippen LogP contribution in [-0.2, 0) is 16.1 Å². The number of thiazole rings is 1. The number of ether oxygens (including phenoxy) is 3. The first-order valence-electron chi connectivity index (χ1n) is 13.7. The van der Waals surface area contributed by atoms with E-state index in [-0.39, 0.29) is 24.3 Å². The van der Waals surface area contributed by atoms with Crippen molar-refractivity contribution in [3.8, 4) is 17.6 Å². The molecule has 5 rings (SSSR count). The molecule has 0 aliphatic carbocycles. The third-order valence-electron chi connectivity index (χ3n) is 6.75. The molecular weight excluding hydrogens is 569 g/mol. The number of allylic oxidation sites excluding steroid dienone is 1. The normalized spacial score (nSPS) is 14.5. The maximum Gasteiger partial charge on any atom is 0.338 e. The van der Waals surface area contributed by atoms with Crippen LogP contribution < -0.4 is 24.4 Å². The molecule has 43 heavy (non-hydrogen) atoms.